The fourth-order valence-corrected chi connectivity index (χ4v) is 1.70. The van der Waals surface area contributed by atoms with Crippen molar-refractivity contribution in [3.8, 4) is 11.5 Å². The molecule has 1 heterocycles. The molecule has 0 aliphatic carbocycles. The first-order valence-electron chi connectivity index (χ1n) is 6.24. The largest absolute Gasteiger partial charge is 0.377 e. The molecule has 5 nitrogen and oxygen atoms in total. The third kappa shape index (κ3) is 3.75. The molecule has 0 fully saturated rings. The Labute approximate surface area is 125 Å². The highest BCUT2D eigenvalue weighted by Gasteiger charge is 2.19. The smallest absolute Gasteiger partial charge is 0.261 e. The van der Waals surface area contributed by atoms with Crippen molar-refractivity contribution >= 4 is 11.6 Å². The van der Waals surface area contributed by atoms with Crippen molar-refractivity contribution in [1.29, 1.82) is 0 Å². The fourth-order valence-electron chi connectivity index (χ4n) is 1.55. The van der Waals surface area contributed by atoms with Gasteiger partial charge in [0.1, 0.15) is 11.6 Å². The van der Waals surface area contributed by atoms with E-state index in [1.807, 2.05) is 13.8 Å². The standard InChI is InChI=1S/C13H14ClF2N3O2/c1-6(2)20-5-11(17)12-18-13(21-19-12)7-3-10(16)8(14)4-9(7)15/h3-4,6,11H,5,17H2,1-2H3. The summed E-state index contributed by atoms with van der Waals surface area (Å²) in [7, 11) is 0. The predicted molar refractivity (Wildman–Crippen MR) is 72.7 cm³/mol. The van der Waals surface area contributed by atoms with Crippen LogP contribution in [-0.2, 0) is 4.74 Å². The van der Waals surface area contributed by atoms with E-state index < -0.39 is 17.7 Å². The Morgan fingerprint density at radius 2 is 2.05 bits per heavy atom. The van der Waals surface area contributed by atoms with Crippen LogP contribution in [0.3, 0.4) is 0 Å². The SMILES string of the molecule is CC(C)OCC(N)c1noc(-c2cc(F)c(Cl)cc2F)n1. The van der Waals surface area contributed by atoms with E-state index in [9.17, 15) is 8.78 Å². The maximum atomic E-state index is 13.7. The van der Waals surface area contributed by atoms with Gasteiger partial charge in [-0.2, -0.15) is 4.98 Å². The highest BCUT2D eigenvalue weighted by Crippen LogP contribution is 2.27. The van der Waals surface area contributed by atoms with Crippen LogP contribution in [0.15, 0.2) is 16.7 Å². The molecular weight excluding hydrogens is 304 g/mol. The number of ether oxygens (including phenoxy) is 1. The van der Waals surface area contributed by atoms with Gasteiger partial charge in [0, 0.05) is 0 Å². The lowest BCUT2D eigenvalue weighted by molar-refractivity contribution is 0.0665. The maximum absolute atomic E-state index is 13.7. The summed E-state index contributed by atoms with van der Waals surface area (Å²) in [5.41, 5.74) is 5.65. The molecule has 2 N–H and O–H groups in total. The van der Waals surface area contributed by atoms with E-state index in [-0.39, 0.29) is 35.0 Å². The van der Waals surface area contributed by atoms with E-state index in [1.165, 1.54) is 0 Å². The van der Waals surface area contributed by atoms with Gasteiger partial charge in [0.05, 0.1) is 29.3 Å². The van der Waals surface area contributed by atoms with Crippen LogP contribution >= 0.6 is 11.6 Å². The van der Waals surface area contributed by atoms with E-state index in [4.69, 9.17) is 26.6 Å². The van der Waals surface area contributed by atoms with Crippen LogP contribution in [-0.4, -0.2) is 22.9 Å². The molecule has 0 amide bonds. The lowest BCUT2D eigenvalue weighted by Gasteiger charge is -2.10. The van der Waals surface area contributed by atoms with E-state index in [0.29, 0.717) is 0 Å². The molecule has 1 aromatic heterocycles. The molecule has 114 valence electrons. The zero-order chi connectivity index (χ0) is 15.6. The minimum atomic E-state index is -0.778. The second kappa shape index (κ2) is 6.46. The van der Waals surface area contributed by atoms with E-state index in [2.05, 4.69) is 10.1 Å². The van der Waals surface area contributed by atoms with Gasteiger partial charge in [-0.15, -0.1) is 0 Å². The Balaban J connectivity index is 2.22. The Hall–Kier alpha value is -1.57. The van der Waals surface area contributed by atoms with Crippen molar-refractivity contribution in [2.24, 2.45) is 5.73 Å². The van der Waals surface area contributed by atoms with E-state index in [1.54, 1.807) is 0 Å². The van der Waals surface area contributed by atoms with Crippen molar-refractivity contribution in [1.82, 2.24) is 10.1 Å². The second-order valence-electron chi connectivity index (χ2n) is 4.69. The van der Waals surface area contributed by atoms with Gasteiger partial charge in [-0.3, -0.25) is 0 Å². The van der Waals surface area contributed by atoms with Crippen molar-refractivity contribution in [3.63, 3.8) is 0 Å². The van der Waals surface area contributed by atoms with Gasteiger partial charge in [0.15, 0.2) is 5.82 Å². The third-order valence-electron chi connectivity index (χ3n) is 2.62. The Bertz CT molecular complexity index is 634. The molecule has 2 aromatic rings. The number of hydrogen-bond donors (Lipinski definition) is 1. The van der Waals surface area contributed by atoms with Crippen LogP contribution in [0.2, 0.25) is 5.02 Å². The molecule has 0 saturated carbocycles. The lowest BCUT2D eigenvalue weighted by atomic mass is 10.2. The molecule has 8 heteroatoms. The summed E-state index contributed by atoms with van der Waals surface area (Å²) in [5.74, 6) is -1.55. The Morgan fingerprint density at radius 1 is 1.33 bits per heavy atom. The summed E-state index contributed by atoms with van der Waals surface area (Å²) in [6.45, 7) is 3.91. The number of benzene rings is 1. The molecule has 21 heavy (non-hydrogen) atoms. The third-order valence-corrected chi connectivity index (χ3v) is 2.91. The number of hydrogen-bond acceptors (Lipinski definition) is 5. The molecule has 0 aliphatic heterocycles. The first kappa shape index (κ1) is 15.8. The molecule has 1 atom stereocenters. The van der Waals surface area contributed by atoms with Crippen molar-refractivity contribution in [2.45, 2.75) is 26.0 Å². The highest BCUT2D eigenvalue weighted by atomic mass is 35.5. The average molecular weight is 318 g/mol. The number of nitrogens with two attached hydrogens (primary N) is 1. The number of nitrogens with zero attached hydrogens (tertiary/aromatic N) is 2. The topological polar surface area (TPSA) is 74.2 Å². The van der Waals surface area contributed by atoms with Crippen molar-refractivity contribution in [2.75, 3.05) is 6.61 Å². The summed E-state index contributed by atoms with van der Waals surface area (Å²) in [4.78, 5) is 3.96. The minimum absolute atomic E-state index is 0.00484. The lowest BCUT2D eigenvalue weighted by Crippen LogP contribution is -2.20. The molecule has 0 bridgehead atoms. The zero-order valence-electron chi connectivity index (χ0n) is 11.4. The van der Waals surface area contributed by atoms with E-state index in [0.717, 1.165) is 12.1 Å². The van der Waals surface area contributed by atoms with Crippen LogP contribution in [0, 0.1) is 11.6 Å². The van der Waals surface area contributed by atoms with Gasteiger partial charge >= 0.3 is 0 Å². The van der Waals surface area contributed by atoms with Gasteiger partial charge in [0.2, 0.25) is 0 Å². The van der Waals surface area contributed by atoms with Gasteiger partial charge in [-0.05, 0) is 26.0 Å². The van der Waals surface area contributed by atoms with Crippen molar-refractivity contribution in [3.05, 3.63) is 34.6 Å². The first-order valence-corrected chi connectivity index (χ1v) is 6.62. The molecule has 0 aliphatic rings. The summed E-state index contributed by atoms with van der Waals surface area (Å²) >= 11 is 5.48. The van der Waals surface area contributed by atoms with Crippen LogP contribution in [0.25, 0.3) is 11.5 Å². The minimum Gasteiger partial charge on any atom is -0.377 e. The van der Waals surface area contributed by atoms with Gasteiger partial charge in [-0.25, -0.2) is 8.78 Å². The van der Waals surface area contributed by atoms with Gasteiger partial charge < -0.3 is 15.0 Å². The normalized spacial score (nSPS) is 12.9. The summed E-state index contributed by atoms with van der Waals surface area (Å²) in [6, 6.07) is 1.12. The summed E-state index contributed by atoms with van der Waals surface area (Å²) in [6.07, 6.45) is 0.00484. The quantitative estimate of drug-likeness (QED) is 0.858. The number of rotatable bonds is 5. The first-order chi connectivity index (χ1) is 9.88. The fraction of sp³-hybridized carbons (Fsp3) is 0.385. The van der Waals surface area contributed by atoms with Crippen molar-refractivity contribution < 1.29 is 18.0 Å². The Morgan fingerprint density at radius 3 is 2.71 bits per heavy atom. The molecule has 0 radical (unpaired) electrons. The number of halogens is 3. The monoisotopic (exact) mass is 317 g/mol. The second-order valence-corrected chi connectivity index (χ2v) is 5.10. The van der Waals surface area contributed by atoms with Crippen LogP contribution < -0.4 is 5.73 Å². The van der Waals surface area contributed by atoms with Crippen LogP contribution in [0.4, 0.5) is 8.78 Å². The molecule has 0 spiro atoms. The number of aromatic nitrogens is 2. The average Bonchev–Trinajstić information content (AvgIpc) is 2.89. The molecule has 2 rings (SSSR count). The van der Waals surface area contributed by atoms with E-state index >= 15 is 0 Å². The van der Waals surface area contributed by atoms with Gasteiger partial charge in [-0.1, -0.05) is 16.8 Å². The molecule has 1 unspecified atom stereocenters. The van der Waals surface area contributed by atoms with Crippen LogP contribution in [0.1, 0.15) is 25.7 Å². The summed E-state index contributed by atoms with van der Waals surface area (Å²) < 4.78 is 37.4. The molecule has 1 aromatic carbocycles. The molecular formula is C13H14ClF2N3O2. The van der Waals surface area contributed by atoms with Crippen LogP contribution in [0.5, 0.6) is 0 Å². The van der Waals surface area contributed by atoms with Gasteiger partial charge in [0.25, 0.3) is 5.89 Å². The molecule has 0 saturated heterocycles. The highest BCUT2D eigenvalue weighted by molar-refractivity contribution is 6.30. The maximum Gasteiger partial charge on any atom is 0.261 e. The predicted octanol–water partition coefficient (Wildman–Crippen LogP) is 3.09. The Kier molecular flexibility index (Phi) is 4.87. The summed E-state index contributed by atoms with van der Waals surface area (Å²) in [5, 5.41) is 3.33. The zero-order valence-corrected chi connectivity index (χ0v) is 12.2.